The van der Waals surface area contributed by atoms with Crippen molar-refractivity contribution in [1.29, 1.82) is 0 Å². The Morgan fingerprint density at radius 2 is 2.10 bits per heavy atom. The molecule has 1 aromatic carbocycles. The van der Waals surface area contributed by atoms with E-state index in [0.717, 1.165) is 25.1 Å². The van der Waals surface area contributed by atoms with Gasteiger partial charge in [-0.25, -0.2) is 9.97 Å². The molecule has 0 saturated carbocycles. The van der Waals surface area contributed by atoms with Gasteiger partial charge in [0.2, 0.25) is 0 Å². The number of nitrogens with zero attached hydrogens (tertiary/aromatic N) is 4. The maximum Gasteiger partial charge on any atom is 0.307 e. The lowest BCUT2D eigenvalue weighted by atomic mass is 10.1. The Morgan fingerprint density at radius 3 is 2.70 bits per heavy atom. The fourth-order valence-electron chi connectivity index (χ4n) is 3.35. The maximum atomic E-state index is 11.7. The lowest BCUT2D eigenvalue weighted by Gasteiger charge is -2.26. The molecule has 0 N–H and O–H groups in total. The van der Waals surface area contributed by atoms with Gasteiger partial charge in [-0.3, -0.25) is 14.9 Å². The molecule has 0 amide bonds. The molecule has 1 fully saturated rings. The van der Waals surface area contributed by atoms with Crippen LogP contribution in [-0.2, 0) is 20.7 Å². The molecule has 1 atom stereocenters. The van der Waals surface area contributed by atoms with E-state index in [4.69, 9.17) is 14.5 Å². The molecular weight excluding hydrogens is 388 g/mol. The Bertz CT molecular complexity index is 881. The molecule has 9 nitrogen and oxygen atoms in total. The van der Waals surface area contributed by atoms with Crippen LogP contribution in [0.25, 0.3) is 11.4 Å². The number of ether oxygens (including phenoxy) is 2. The molecule has 2 aromatic rings. The predicted molar refractivity (Wildman–Crippen MR) is 111 cm³/mol. The lowest BCUT2D eigenvalue weighted by molar-refractivity contribution is -0.384. The van der Waals surface area contributed by atoms with Crippen molar-refractivity contribution in [1.82, 2.24) is 9.97 Å². The van der Waals surface area contributed by atoms with Crippen molar-refractivity contribution in [2.24, 2.45) is 0 Å². The molecule has 3 rings (SSSR count). The molecule has 1 aromatic heterocycles. The van der Waals surface area contributed by atoms with E-state index in [2.05, 4.69) is 4.98 Å². The number of carbonyl (C=O) groups is 1. The zero-order chi connectivity index (χ0) is 21.5. The lowest BCUT2D eigenvalue weighted by Crippen LogP contribution is -2.35. The molecule has 30 heavy (non-hydrogen) atoms. The summed E-state index contributed by atoms with van der Waals surface area (Å²) in [4.78, 5) is 33.5. The van der Waals surface area contributed by atoms with E-state index >= 15 is 0 Å². The third-order valence-corrected chi connectivity index (χ3v) is 5.05. The average Bonchev–Trinajstić information content (AvgIpc) is 3.29. The number of hydrogen-bond acceptors (Lipinski definition) is 8. The van der Waals surface area contributed by atoms with Crippen LogP contribution >= 0.6 is 0 Å². The molecule has 0 spiro atoms. The fourth-order valence-corrected chi connectivity index (χ4v) is 3.35. The van der Waals surface area contributed by atoms with Crippen LogP contribution in [0.15, 0.2) is 30.3 Å². The van der Waals surface area contributed by atoms with Gasteiger partial charge in [-0.05, 0) is 31.4 Å². The number of carbonyl (C=O) groups excluding carboxylic acids is 1. The first-order valence-electron chi connectivity index (χ1n) is 10.1. The number of methoxy groups -OCH3 is 1. The van der Waals surface area contributed by atoms with Crippen molar-refractivity contribution < 1.29 is 19.2 Å². The number of esters is 1. The number of anilines is 1. The van der Waals surface area contributed by atoms with Crippen LogP contribution in [0, 0.1) is 10.1 Å². The summed E-state index contributed by atoms with van der Waals surface area (Å²) in [7, 11) is 1.37. The zero-order valence-electron chi connectivity index (χ0n) is 17.2. The molecule has 0 radical (unpaired) electrons. The Kier molecular flexibility index (Phi) is 7.29. The summed E-state index contributed by atoms with van der Waals surface area (Å²) in [5.41, 5.74) is 1.56. The van der Waals surface area contributed by atoms with Crippen LogP contribution in [0.1, 0.15) is 31.9 Å². The van der Waals surface area contributed by atoms with E-state index in [-0.39, 0.29) is 24.2 Å². The minimum atomic E-state index is -0.436. The third-order valence-electron chi connectivity index (χ3n) is 5.05. The third kappa shape index (κ3) is 5.50. The summed E-state index contributed by atoms with van der Waals surface area (Å²) in [5.74, 6) is 0.914. The van der Waals surface area contributed by atoms with Gasteiger partial charge in [0.15, 0.2) is 5.82 Å². The van der Waals surface area contributed by atoms with Crippen LogP contribution in [0.3, 0.4) is 0 Å². The van der Waals surface area contributed by atoms with Crippen LogP contribution in [0.4, 0.5) is 11.5 Å². The predicted octanol–water partition coefficient (Wildman–Crippen LogP) is 3.16. The second-order valence-corrected chi connectivity index (χ2v) is 7.11. The number of rotatable bonds is 9. The monoisotopic (exact) mass is 414 g/mol. The van der Waals surface area contributed by atoms with Gasteiger partial charge in [0, 0.05) is 49.2 Å². The van der Waals surface area contributed by atoms with E-state index in [1.807, 2.05) is 17.9 Å². The zero-order valence-corrected chi connectivity index (χ0v) is 17.2. The van der Waals surface area contributed by atoms with Gasteiger partial charge in [-0.15, -0.1) is 0 Å². The normalized spacial score (nSPS) is 15.7. The number of hydrogen-bond donors (Lipinski definition) is 0. The fraction of sp³-hybridized carbons (Fsp3) is 0.476. The number of nitro benzene ring substituents is 1. The van der Waals surface area contributed by atoms with E-state index in [1.165, 1.54) is 19.2 Å². The van der Waals surface area contributed by atoms with Crippen molar-refractivity contribution >= 4 is 17.5 Å². The summed E-state index contributed by atoms with van der Waals surface area (Å²) in [6, 6.07) is 8.10. The van der Waals surface area contributed by atoms with Gasteiger partial charge in [0.25, 0.3) is 5.69 Å². The molecule has 0 unspecified atom stereocenters. The summed E-state index contributed by atoms with van der Waals surface area (Å²) < 4.78 is 10.6. The van der Waals surface area contributed by atoms with Crippen LogP contribution in [-0.4, -0.2) is 53.8 Å². The van der Waals surface area contributed by atoms with Crippen molar-refractivity contribution in [3.05, 3.63) is 46.1 Å². The SMILES string of the molecule is CCc1cc(N(CCC(=O)OC)C[C@@H]2CCCO2)nc(-c2ccc([N+](=O)[O-])cc2)n1. The van der Waals surface area contributed by atoms with Crippen LogP contribution < -0.4 is 4.90 Å². The first kappa shape index (κ1) is 21.6. The standard InChI is InChI=1S/C21H26N4O5/c1-3-16-13-19(23-21(22-16)15-6-8-17(9-7-15)25(27)28)24(11-10-20(26)29-2)14-18-5-4-12-30-18/h6-9,13,18H,3-5,10-12,14H2,1-2H3/t18-/m0/s1. The highest BCUT2D eigenvalue weighted by Crippen LogP contribution is 2.24. The van der Waals surface area contributed by atoms with Gasteiger partial charge >= 0.3 is 5.97 Å². The number of aromatic nitrogens is 2. The minimum absolute atomic E-state index is 0.0173. The second-order valence-electron chi connectivity index (χ2n) is 7.11. The average molecular weight is 414 g/mol. The van der Waals surface area contributed by atoms with Crippen LogP contribution in [0.5, 0.6) is 0 Å². The molecule has 1 aliphatic heterocycles. The first-order chi connectivity index (χ1) is 14.5. The van der Waals surface area contributed by atoms with Crippen molar-refractivity contribution in [2.45, 2.75) is 38.7 Å². The molecule has 0 bridgehead atoms. The van der Waals surface area contributed by atoms with E-state index in [1.54, 1.807) is 12.1 Å². The molecule has 0 aliphatic carbocycles. The Balaban J connectivity index is 1.91. The maximum absolute atomic E-state index is 11.7. The van der Waals surface area contributed by atoms with Crippen molar-refractivity contribution in [3.8, 4) is 11.4 Å². The highest BCUT2D eigenvalue weighted by Gasteiger charge is 2.22. The molecule has 2 heterocycles. The second kappa shape index (κ2) is 10.1. The molecule has 160 valence electrons. The molecule has 1 saturated heterocycles. The molecular formula is C21H26N4O5. The summed E-state index contributed by atoms with van der Waals surface area (Å²) in [5, 5.41) is 10.9. The highest BCUT2D eigenvalue weighted by molar-refractivity contribution is 5.70. The largest absolute Gasteiger partial charge is 0.469 e. The number of nitro groups is 1. The summed E-state index contributed by atoms with van der Waals surface area (Å²) in [6.07, 6.45) is 3.02. The summed E-state index contributed by atoms with van der Waals surface area (Å²) >= 11 is 0. The number of benzene rings is 1. The summed E-state index contributed by atoms with van der Waals surface area (Å²) in [6.45, 7) is 3.82. The molecule has 9 heteroatoms. The van der Waals surface area contributed by atoms with Crippen molar-refractivity contribution in [3.63, 3.8) is 0 Å². The van der Waals surface area contributed by atoms with Crippen molar-refractivity contribution in [2.75, 3.05) is 31.7 Å². The molecule has 1 aliphatic rings. The Labute approximate surface area is 175 Å². The van der Waals surface area contributed by atoms with E-state index in [9.17, 15) is 14.9 Å². The number of non-ortho nitro benzene ring substituents is 1. The highest BCUT2D eigenvalue weighted by atomic mass is 16.6. The smallest absolute Gasteiger partial charge is 0.307 e. The Morgan fingerprint density at radius 1 is 1.33 bits per heavy atom. The van der Waals surface area contributed by atoms with Crippen LogP contribution in [0.2, 0.25) is 0 Å². The Hall–Kier alpha value is -3.07. The van der Waals surface area contributed by atoms with Gasteiger partial charge in [-0.2, -0.15) is 0 Å². The topological polar surface area (TPSA) is 108 Å². The van der Waals surface area contributed by atoms with Gasteiger partial charge in [-0.1, -0.05) is 6.92 Å². The van der Waals surface area contributed by atoms with Gasteiger partial charge in [0.05, 0.1) is 24.6 Å². The minimum Gasteiger partial charge on any atom is -0.469 e. The van der Waals surface area contributed by atoms with E-state index < -0.39 is 4.92 Å². The van der Waals surface area contributed by atoms with Gasteiger partial charge in [0.1, 0.15) is 5.82 Å². The number of aryl methyl sites for hydroxylation is 1. The van der Waals surface area contributed by atoms with E-state index in [0.29, 0.717) is 36.7 Å². The first-order valence-corrected chi connectivity index (χ1v) is 10.1. The van der Waals surface area contributed by atoms with Gasteiger partial charge < -0.3 is 14.4 Å². The quantitative estimate of drug-likeness (QED) is 0.350.